The first kappa shape index (κ1) is 13.9. The van der Waals surface area contributed by atoms with Crippen LogP contribution in [0.25, 0.3) is 0 Å². The summed E-state index contributed by atoms with van der Waals surface area (Å²) in [7, 11) is 0. The molecule has 0 radical (unpaired) electrons. The normalized spacial score (nSPS) is 14.3. The molecule has 0 spiro atoms. The van der Waals surface area contributed by atoms with Gasteiger partial charge in [-0.05, 0) is 58.3 Å². The van der Waals surface area contributed by atoms with Crippen LogP contribution in [0, 0.1) is 3.57 Å². The van der Waals surface area contributed by atoms with Crippen molar-refractivity contribution in [3.05, 3.63) is 67.7 Å². The van der Waals surface area contributed by atoms with Gasteiger partial charge in [0.2, 0.25) is 0 Å². The number of hydrogen-bond acceptors (Lipinski definition) is 1. The van der Waals surface area contributed by atoms with E-state index in [0.717, 1.165) is 33.2 Å². The van der Waals surface area contributed by atoms with E-state index in [1.165, 1.54) is 0 Å². The minimum absolute atomic E-state index is 0.102. The van der Waals surface area contributed by atoms with Crippen LogP contribution in [0.2, 0.25) is 5.02 Å². The van der Waals surface area contributed by atoms with Gasteiger partial charge in [-0.3, -0.25) is 4.79 Å². The van der Waals surface area contributed by atoms with E-state index in [2.05, 4.69) is 34.7 Å². The van der Waals surface area contributed by atoms with Crippen LogP contribution >= 0.6 is 34.2 Å². The van der Waals surface area contributed by atoms with E-state index >= 15 is 0 Å². The topological polar surface area (TPSA) is 20.3 Å². The van der Waals surface area contributed by atoms with E-state index in [1.54, 1.807) is 0 Å². The maximum Gasteiger partial charge on any atom is 0.254 e. The minimum atomic E-state index is 0.102. The van der Waals surface area contributed by atoms with Crippen LogP contribution < -0.4 is 0 Å². The highest BCUT2D eigenvalue weighted by Gasteiger charge is 2.24. The van der Waals surface area contributed by atoms with Crippen LogP contribution in [0.15, 0.2) is 42.5 Å². The summed E-state index contributed by atoms with van der Waals surface area (Å²) in [5, 5.41) is 0.716. The smallest absolute Gasteiger partial charge is 0.254 e. The molecule has 0 fully saturated rings. The third-order valence-electron chi connectivity index (χ3n) is 3.56. The van der Waals surface area contributed by atoms with E-state index in [9.17, 15) is 4.79 Å². The highest BCUT2D eigenvalue weighted by Crippen LogP contribution is 2.24. The van der Waals surface area contributed by atoms with Gasteiger partial charge in [0.15, 0.2) is 0 Å². The summed E-state index contributed by atoms with van der Waals surface area (Å²) in [5.74, 6) is 0.102. The number of rotatable bonds is 2. The van der Waals surface area contributed by atoms with Crippen molar-refractivity contribution in [3.8, 4) is 0 Å². The van der Waals surface area contributed by atoms with Crippen LogP contribution in [0.3, 0.4) is 0 Å². The second kappa shape index (κ2) is 5.74. The highest BCUT2D eigenvalue weighted by molar-refractivity contribution is 14.1. The van der Waals surface area contributed by atoms with Gasteiger partial charge in [0.05, 0.1) is 0 Å². The van der Waals surface area contributed by atoms with Gasteiger partial charge in [0.1, 0.15) is 0 Å². The van der Waals surface area contributed by atoms with Gasteiger partial charge in [-0.15, -0.1) is 0 Å². The fourth-order valence-corrected chi connectivity index (χ4v) is 3.16. The lowest BCUT2D eigenvalue weighted by molar-refractivity contribution is 0.0727. The molecule has 2 aromatic rings. The van der Waals surface area contributed by atoms with Crippen LogP contribution in [-0.2, 0) is 13.0 Å². The van der Waals surface area contributed by atoms with Crippen LogP contribution in [0.1, 0.15) is 21.5 Å². The zero-order valence-electron chi connectivity index (χ0n) is 10.8. The van der Waals surface area contributed by atoms with E-state index in [1.807, 2.05) is 35.2 Å². The molecule has 4 heteroatoms. The maximum atomic E-state index is 12.6. The van der Waals surface area contributed by atoms with Gasteiger partial charge in [0.25, 0.3) is 5.91 Å². The van der Waals surface area contributed by atoms with Crippen molar-refractivity contribution in [1.29, 1.82) is 0 Å². The molecule has 20 heavy (non-hydrogen) atoms. The first-order valence-electron chi connectivity index (χ1n) is 6.46. The molecule has 0 atom stereocenters. The van der Waals surface area contributed by atoms with Gasteiger partial charge >= 0.3 is 0 Å². The van der Waals surface area contributed by atoms with Crippen molar-refractivity contribution >= 4 is 40.1 Å². The number of amides is 1. The second-order valence-corrected chi connectivity index (χ2v) is 6.52. The van der Waals surface area contributed by atoms with E-state index in [4.69, 9.17) is 11.6 Å². The second-order valence-electron chi connectivity index (χ2n) is 4.87. The monoisotopic (exact) mass is 397 g/mol. The molecule has 1 heterocycles. The number of benzene rings is 2. The minimum Gasteiger partial charge on any atom is -0.334 e. The average Bonchev–Trinajstić information content (AvgIpc) is 2.45. The summed E-state index contributed by atoms with van der Waals surface area (Å²) in [4.78, 5) is 14.4. The summed E-state index contributed by atoms with van der Waals surface area (Å²) in [5.41, 5.74) is 2.97. The van der Waals surface area contributed by atoms with Crippen molar-refractivity contribution < 1.29 is 4.79 Å². The van der Waals surface area contributed by atoms with Gasteiger partial charge in [-0.1, -0.05) is 35.9 Å². The summed E-state index contributed by atoms with van der Waals surface area (Å²) in [6.45, 7) is 1.32. The number of fused-ring (bicyclic) bond motifs is 1. The highest BCUT2D eigenvalue weighted by atomic mass is 127. The SMILES string of the molecule is O=C1c2cc(I)ccc2CCN1Cc1ccccc1Cl. The first-order valence-corrected chi connectivity index (χ1v) is 7.92. The number of hydrogen-bond donors (Lipinski definition) is 0. The fourth-order valence-electron chi connectivity index (χ4n) is 2.48. The quantitative estimate of drug-likeness (QED) is 0.698. The van der Waals surface area contributed by atoms with Crippen LogP contribution in [0.4, 0.5) is 0 Å². The summed E-state index contributed by atoms with van der Waals surface area (Å²) < 4.78 is 1.09. The third kappa shape index (κ3) is 2.69. The number of nitrogens with zero attached hydrogens (tertiary/aromatic N) is 1. The van der Waals surface area contributed by atoms with Gasteiger partial charge in [-0.2, -0.15) is 0 Å². The Labute approximate surface area is 136 Å². The Morgan fingerprint density at radius 3 is 2.80 bits per heavy atom. The van der Waals surface area contributed by atoms with Crippen molar-refractivity contribution in [3.63, 3.8) is 0 Å². The molecule has 1 amide bonds. The Morgan fingerprint density at radius 2 is 2.00 bits per heavy atom. The van der Waals surface area contributed by atoms with E-state index in [-0.39, 0.29) is 5.91 Å². The van der Waals surface area contributed by atoms with Crippen molar-refractivity contribution in [2.45, 2.75) is 13.0 Å². The molecule has 0 bridgehead atoms. The molecule has 0 saturated heterocycles. The number of halogens is 2. The zero-order chi connectivity index (χ0) is 14.1. The molecule has 2 nitrogen and oxygen atoms in total. The summed E-state index contributed by atoms with van der Waals surface area (Å²) in [6.07, 6.45) is 0.905. The Bertz CT molecular complexity index is 671. The Balaban J connectivity index is 1.87. The first-order chi connectivity index (χ1) is 9.65. The molecule has 0 aliphatic carbocycles. The molecule has 3 rings (SSSR count). The van der Waals surface area contributed by atoms with Crippen molar-refractivity contribution in [2.24, 2.45) is 0 Å². The molecule has 1 aliphatic rings. The lowest BCUT2D eigenvalue weighted by Gasteiger charge is -2.29. The third-order valence-corrected chi connectivity index (χ3v) is 4.60. The maximum absolute atomic E-state index is 12.6. The predicted octanol–water partition coefficient (Wildman–Crippen LogP) is 4.14. The standard InChI is InChI=1S/C16H13ClINO/c17-15-4-2-1-3-12(15)10-19-8-7-11-5-6-13(18)9-14(11)16(19)20/h1-6,9H,7-8,10H2. The molecule has 0 unspecified atom stereocenters. The lowest BCUT2D eigenvalue weighted by atomic mass is 9.99. The fraction of sp³-hybridized carbons (Fsp3) is 0.188. The lowest BCUT2D eigenvalue weighted by Crippen LogP contribution is -2.37. The number of carbonyl (C=O) groups is 1. The van der Waals surface area contributed by atoms with Gasteiger partial charge in [-0.25, -0.2) is 0 Å². The zero-order valence-corrected chi connectivity index (χ0v) is 13.7. The molecular weight excluding hydrogens is 385 g/mol. The van der Waals surface area contributed by atoms with Crippen molar-refractivity contribution in [1.82, 2.24) is 4.90 Å². The van der Waals surface area contributed by atoms with E-state index < -0.39 is 0 Å². The van der Waals surface area contributed by atoms with Crippen LogP contribution in [-0.4, -0.2) is 17.4 Å². The molecule has 1 aliphatic heterocycles. The summed E-state index contributed by atoms with van der Waals surface area (Å²) in [6, 6.07) is 13.8. The van der Waals surface area contributed by atoms with Crippen molar-refractivity contribution in [2.75, 3.05) is 6.54 Å². The predicted molar refractivity (Wildman–Crippen MR) is 89.1 cm³/mol. The summed E-state index contributed by atoms with van der Waals surface area (Å²) >= 11 is 8.42. The van der Waals surface area contributed by atoms with Gasteiger partial charge < -0.3 is 4.90 Å². The molecule has 0 N–H and O–H groups in total. The Hall–Kier alpha value is -1.07. The number of carbonyl (C=O) groups excluding carboxylic acids is 1. The van der Waals surface area contributed by atoms with Crippen LogP contribution in [0.5, 0.6) is 0 Å². The Morgan fingerprint density at radius 1 is 1.20 bits per heavy atom. The van der Waals surface area contributed by atoms with E-state index in [0.29, 0.717) is 11.6 Å². The molecule has 0 aromatic heterocycles. The average molecular weight is 398 g/mol. The largest absolute Gasteiger partial charge is 0.334 e. The Kier molecular flexibility index (Phi) is 3.98. The molecule has 0 saturated carbocycles. The molecular formula is C16H13ClINO. The molecule has 2 aromatic carbocycles. The molecule has 102 valence electrons. The van der Waals surface area contributed by atoms with Gasteiger partial charge in [0, 0.05) is 27.2 Å².